The van der Waals surface area contributed by atoms with Crippen LogP contribution in [-0.2, 0) is 21.3 Å². The molecule has 0 aliphatic carbocycles. The van der Waals surface area contributed by atoms with E-state index in [2.05, 4.69) is 4.72 Å². The summed E-state index contributed by atoms with van der Waals surface area (Å²) in [6, 6.07) is 6.38. The normalized spacial score (nSPS) is 11.7. The molecular formula is C11H18N2O4S. The topological polar surface area (TPSA) is 102 Å². The number of benzene rings is 1. The molecule has 0 bridgehead atoms. The van der Waals surface area contributed by atoms with Crippen LogP contribution in [0.4, 0.5) is 0 Å². The lowest BCUT2D eigenvalue weighted by atomic mass is 10.2. The van der Waals surface area contributed by atoms with Crippen LogP contribution in [-0.4, -0.2) is 39.9 Å². The molecule has 6 nitrogen and oxygen atoms in total. The minimum absolute atomic E-state index is 0.0761. The van der Waals surface area contributed by atoms with Gasteiger partial charge in [0, 0.05) is 13.1 Å². The van der Waals surface area contributed by atoms with Crippen molar-refractivity contribution in [1.82, 2.24) is 4.72 Å². The van der Waals surface area contributed by atoms with Crippen LogP contribution in [0.15, 0.2) is 29.2 Å². The predicted octanol–water partition coefficient (Wildman–Crippen LogP) is -0.567. The molecule has 0 atom stereocenters. The maximum Gasteiger partial charge on any atom is 0.240 e. The second kappa shape index (κ2) is 7.45. The highest BCUT2D eigenvalue weighted by atomic mass is 32.2. The molecule has 0 fully saturated rings. The summed E-state index contributed by atoms with van der Waals surface area (Å²) in [5, 5.41) is 8.48. The Bertz CT molecular complexity index is 445. The first-order chi connectivity index (χ1) is 8.60. The van der Waals surface area contributed by atoms with Gasteiger partial charge in [-0.25, -0.2) is 13.1 Å². The van der Waals surface area contributed by atoms with E-state index in [0.717, 1.165) is 5.56 Å². The highest BCUT2D eigenvalue weighted by Crippen LogP contribution is 2.09. The molecule has 0 heterocycles. The maximum absolute atomic E-state index is 11.8. The summed E-state index contributed by atoms with van der Waals surface area (Å²) in [6.07, 6.45) is 0. The van der Waals surface area contributed by atoms with E-state index in [-0.39, 0.29) is 31.3 Å². The quantitative estimate of drug-likeness (QED) is 0.551. The SMILES string of the molecule is NCc1ccc(S(=O)(=O)NCCOCCO)cc1. The highest BCUT2D eigenvalue weighted by Gasteiger charge is 2.12. The van der Waals surface area contributed by atoms with Gasteiger partial charge in [-0.05, 0) is 17.7 Å². The lowest BCUT2D eigenvalue weighted by Gasteiger charge is -2.07. The van der Waals surface area contributed by atoms with Crippen molar-refractivity contribution in [2.45, 2.75) is 11.4 Å². The van der Waals surface area contributed by atoms with E-state index < -0.39 is 10.0 Å². The van der Waals surface area contributed by atoms with Crippen molar-refractivity contribution in [1.29, 1.82) is 0 Å². The second-order valence-electron chi connectivity index (χ2n) is 3.58. The first-order valence-electron chi connectivity index (χ1n) is 5.57. The number of hydrogen-bond donors (Lipinski definition) is 3. The van der Waals surface area contributed by atoms with Crippen molar-refractivity contribution in [3.63, 3.8) is 0 Å². The first-order valence-corrected chi connectivity index (χ1v) is 7.06. The van der Waals surface area contributed by atoms with E-state index in [1.807, 2.05) is 0 Å². The minimum atomic E-state index is -3.51. The van der Waals surface area contributed by atoms with Gasteiger partial charge in [0.2, 0.25) is 10.0 Å². The lowest BCUT2D eigenvalue weighted by Crippen LogP contribution is -2.27. The fourth-order valence-electron chi connectivity index (χ4n) is 1.30. The van der Waals surface area contributed by atoms with Crippen LogP contribution < -0.4 is 10.5 Å². The summed E-state index contributed by atoms with van der Waals surface area (Å²) in [4.78, 5) is 0.196. The molecule has 1 aromatic rings. The summed E-state index contributed by atoms with van der Waals surface area (Å²) >= 11 is 0. The zero-order chi connectivity index (χ0) is 13.4. The molecule has 0 saturated carbocycles. The average Bonchev–Trinajstić information content (AvgIpc) is 2.38. The first kappa shape index (κ1) is 15.1. The molecule has 102 valence electrons. The molecule has 0 spiro atoms. The third-order valence-corrected chi connectivity index (χ3v) is 3.72. The van der Waals surface area contributed by atoms with Crippen LogP contribution in [0.1, 0.15) is 5.56 Å². The smallest absolute Gasteiger partial charge is 0.240 e. The van der Waals surface area contributed by atoms with Crippen LogP contribution in [0.25, 0.3) is 0 Å². The molecule has 0 aliphatic heterocycles. The molecule has 1 rings (SSSR count). The Morgan fingerprint density at radius 3 is 2.44 bits per heavy atom. The molecule has 7 heteroatoms. The summed E-state index contributed by atoms with van der Waals surface area (Å²) in [7, 11) is -3.51. The van der Waals surface area contributed by atoms with Gasteiger partial charge < -0.3 is 15.6 Å². The number of sulfonamides is 1. The summed E-state index contributed by atoms with van der Waals surface area (Å²) in [6.45, 7) is 0.893. The molecule has 0 aromatic heterocycles. The minimum Gasteiger partial charge on any atom is -0.394 e. The maximum atomic E-state index is 11.8. The van der Waals surface area contributed by atoms with Crippen molar-refractivity contribution in [2.24, 2.45) is 5.73 Å². The van der Waals surface area contributed by atoms with Gasteiger partial charge in [-0.1, -0.05) is 12.1 Å². The van der Waals surface area contributed by atoms with Gasteiger partial charge in [0.1, 0.15) is 0 Å². The Hall–Kier alpha value is -0.990. The van der Waals surface area contributed by atoms with Crippen LogP contribution >= 0.6 is 0 Å². The molecule has 0 amide bonds. The van der Waals surface area contributed by atoms with Gasteiger partial charge >= 0.3 is 0 Å². The number of hydrogen-bond acceptors (Lipinski definition) is 5. The van der Waals surface area contributed by atoms with Gasteiger partial charge in [0.05, 0.1) is 24.7 Å². The van der Waals surface area contributed by atoms with Gasteiger partial charge in [-0.3, -0.25) is 0 Å². The van der Waals surface area contributed by atoms with Gasteiger partial charge in [-0.15, -0.1) is 0 Å². The van der Waals surface area contributed by atoms with E-state index in [9.17, 15) is 8.42 Å². The van der Waals surface area contributed by atoms with Gasteiger partial charge in [0.25, 0.3) is 0 Å². The molecule has 4 N–H and O–H groups in total. The summed E-state index contributed by atoms with van der Waals surface area (Å²) in [5.74, 6) is 0. The standard InChI is InChI=1S/C11H18N2O4S/c12-9-10-1-3-11(4-2-10)18(15,16)13-5-7-17-8-6-14/h1-4,13-14H,5-9,12H2. The van der Waals surface area contributed by atoms with Crippen molar-refractivity contribution >= 4 is 10.0 Å². The second-order valence-corrected chi connectivity index (χ2v) is 5.35. The van der Waals surface area contributed by atoms with Gasteiger partial charge in [0.15, 0.2) is 0 Å². The Labute approximate surface area is 107 Å². The monoisotopic (exact) mass is 274 g/mol. The largest absolute Gasteiger partial charge is 0.394 e. The van der Waals surface area contributed by atoms with Crippen molar-refractivity contribution in [2.75, 3.05) is 26.4 Å². The van der Waals surface area contributed by atoms with Crippen LogP contribution in [0.2, 0.25) is 0 Å². The number of nitrogens with one attached hydrogen (secondary N) is 1. The molecule has 0 radical (unpaired) electrons. The zero-order valence-electron chi connectivity index (χ0n) is 10.0. The van der Waals surface area contributed by atoms with E-state index in [1.165, 1.54) is 12.1 Å². The van der Waals surface area contributed by atoms with E-state index in [4.69, 9.17) is 15.6 Å². The molecular weight excluding hydrogens is 256 g/mol. The third-order valence-electron chi connectivity index (χ3n) is 2.24. The third kappa shape index (κ3) is 4.71. The molecule has 18 heavy (non-hydrogen) atoms. The van der Waals surface area contributed by atoms with Gasteiger partial charge in [-0.2, -0.15) is 0 Å². The van der Waals surface area contributed by atoms with E-state index in [0.29, 0.717) is 6.54 Å². The lowest BCUT2D eigenvalue weighted by molar-refractivity contribution is 0.0961. The Morgan fingerprint density at radius 1 is 1.22 bits per heavy atom. The Morgan fingerprint density at radius 2 is 1.89 bits per heavy atom. The molecule has 0 aliphatic rings. The van der Waals surface area contributed by atoms with Crippen LogP contribution in [0.3, 0.4) is 0 Å². The van der Waals surface area contributed by atoms with Crippen molar-refractivity contribution in [3.8, 4) is 0 Å². The fourth-order valence-corrected chi connectivity index (χ4v) is 2.32. The number of aliphatic hydroxyl groups is 1. The number of ether oxygens (including phenoxy) is 1. The zero-order valence-corrected chi connectivity index (χ0v) is 10.8. The van der Waals surface area contributed by atoms with Crippen molar-refractivity contribution < 1.29 is 18.3 Å². The Kier molecular flexibility index (Phi) is 6.23. The number of aliphatic hydroxyl groups excluding tert-OH is 1. The summed E-state index contributed by atoms with van der Waals surface area (Å²) < 4.78 is 31.0. The highest BCUT2D eigenvalue weighted by molar-refractivity contribution is 7.89. The average molecular weight is 274 g/mol. The fraction of sp³-hybridized carbons (Fsp3) is 0.455. The Balaban J connectivity index is 2.51. The van der Waals surface area contributed by atoms with Crippen LogP contribution in [0, 0.1) is 0 Å². The van der Waals surface area contributed by atoms with Crippen molar-refractivity contribution in [3.05, 3.63) is 29.8 Å². The number of nitrogens with two attached hydrogens (primary N) is 1. The molecule has 0 saturated heterocycles. The molecule has 0 unspecified atom stereocenters. The van der Waals surface area contributed by atoms with E-state index >= 15 is 0 Å². The summed E-state index contributed by atoms with van der Waals surface area (Å²) in [5.41, 5.74) is 6.31. The number of rotatable bonds is 8. The van der Waals surface area contributed by atoms with E-state index in [1.54, 1.807) is 12.1 Å². The van der Waals surface area contributed by atoms with Crippen LogP contribution in [0.5, 0.6) is 0 Å². The molecule has 1 aromatic carbocycles. The predicted molar refractivity (Wildman–Crippen MR) is 67.4 cm³/mol.